The van der Waals surface area contributed by atoms with E-state index in [4.69, 9.17) is 10.5 Å². The summed E-state index contributed by atoms with van der Waals surface area (Å²) in [6, 6.07) is 12.3. The Kier molecular flexibility index (Phi) is 3.66. The fourth-order valence-corrected chi connectivity index (χ4v) is 1.72. The summed E-state index contributed by atoms with van der Waals surface area (Å²) in [7, 11) is 0. The molecule has 0 saturated carbocycles. The minimum atomic E-state index is -0.493. The molecule has 5 heteroatoms. The number of hydrogen-bond acceptors (Lipinski definition) is 4. The molecule has 19 heavy (non-hydrogen) atoms. The second-order valence-electron chi connectivity index (χ2n) is 4.20. The molecule has 0 aliphatic carbocycles. The number of aryl methyl sites for hydroxylation is 1. The molecule has 2 N–H and O–H groups in total. The number of nitro benzene ring substituents is 1. The van der Waals surface area contributed by atoms with Gasteiger partial charge in [0.25, 0.3) is 5.69 Å². The van der Waals surface area contributed by atoms with Gasteiger partial charge in [0, 0.05) is 6.07 Å². The molecule has 0 heterocycles. The number of ether oxygens (including phenoxy) is 1. The van der Waals surface area contributed by atoms with Gasteiger partial charge < -0.3 is 10.5 Å². The SMILES string of the molecule is Cc1ccccc1OCc1ccc(N)c([N+](=O)[O-])c1. The third kappa shape index (κ3) is 3.01. The molecular formula is C14H14N2O3. The third-order valence-electron chi connectivity index (χ3n) is 2.78. The van der Waals surface area contributed by atoms with Gasteiger partial charge in [-0.2, -0.15) is 0 Å². The molecule has 0 saturated heterocycles. The van der Waals surface area contributed by atoms with Crippen LogP contribution in [0.3, 0.4) is 0 Å². The number of para-hydroxylation sites is 1. The number of nitro groups is 1. The molecule has 0 spiro atoms. The Balaban J connectivity index is 2.14. The first-order valence-corrected chi connectivity index (χ1v) is 5.79. The van der Waals surface area contributed by atoms with Crippen LogP contribution in [-0.2, 0) is 6.61 Å². The maximum atomic E-state index is 10.8. The van der Waals surface area contributed by atoms with Crippen LogP contribution in [0, 0.1) is 17.0 Å². The monoisotopic (exact) mass is 258 g/mol. The Labute approximate surface area is 110 Å². The predicted octanol–water partition coefficient (Wildman–Crippen LogP) is 3.06. The summed E-state index contributed by atoms with van der Waals surface area (Å²) >= 11 is 0. The van der Waals surface area contributed by atoms with Crippen LogP contribution in [0.1, 0.15) is 11.1 Å². The fourth-order valence-electron chi connectivity index (χ4n) is 1.72. The Hall–Kier alpha value is -2.56. The average Bonchev–Trinajstić information content (AvgIpc) is 2.39. The molecule has 2 aromatic rings. The summed E-state index contributed by atoms with van der Waals surface area (Å²) in [6.45, 7) is 2.22. The van der Waals surface area contributed by atoms with E-state index in [1.807, 2.05) is 31.2 Å². The zero-order valence-electron chi connectivity index (χ0n) is 10.5. The minimum Gasteiger partial charge on any atom is -0.489 e. The van der Waals surface area contributed by atoms with Crippen molar-refractivity contribution in [1.82, 2.24) is 0 Å². The fraction of sp³-hybridized carbons (Fsp3) is 0.143. The van der Waals surface area contributed by atoms with Crippen molar-refractivity contribution >= 4 is 11.4 Å². The quantitative estimate of drug-likeness (QED) is 0.519. The molecule has 0 radical (unpaired) electrons. The number of nitrogens with two attached hydrogens (primary N) is 1. The zero-order chi connectivity index (χ0) is 13.8. The molecule has 98 valence electrons. The normalized spacial score (nSPS) is 10.2. The number of anilines is 1. The molecule has 0 aliphatic heterocycles. The number of hydrogen-bond donors (Lipinski definition) is 1. The third-order valence-corrected chi connectivity index (χ3v) is 2.78. The van der Waals surface area contributed by atoms with Gasteiger partial charge in [0.1, 0.15) is 18.0 Å². The maximum Gasteiger partial charge on any atom is 0.292 e. The van der Waals surface area contributed by atoms with Crippen LogP contribution in [-0.4, -0.2) is 4.92 Å². The van der Waals surface area contributed by atoms with Crippen LogP contribution < -0.4 is 10.5 Å². The van der Waals surface area contributed by atoms with Gasteiger partial charge >= 0.3 is 0 Å². The highest BCUT2D eigenvalue weighted by Gasteiger charge is 2.12. The molecule has 0 bridgehead atoms. The first-order valence-electron chi connectivity index (χ1n) is 5.79. The first-order chi connectivity index (χ1) is 9.08. The van der Waals surface area contributed by atoms with Gasteiger partial charge in [-0.1, -0.05) is 24.3 Å². The second kappa shape index (κ2) is 5.39. The Bertz CT molecular complexity index is 611. The molecule has 0 amide bonds. The van der Waals surface area contributed by atoms with Crippen LogP contribution in [0.15, 0.2) is 42.5 Å². The highest BCUT2D eigenvalue weighted by atomic mass is 16.6. The summed E-state index contributed by atoms with van der Waals surface area (Å²) in [5.41, 5.74) is 7.34. The van der Waals surface area contributed by atoms with Crippen molar-refractivity contribution < 1.29 is 9.66 Å². The maximum absolute atomic E-state index is 10.8. The standard InChI is InChI=1S/C14H14N2O3/c1-10-4-2-3-5-14(10)19-9-11-6-7-12(15)13(8-11)16(17)18/h2-8H,9,15H2,1H3. The van der Waals surface area contributed by atoms with Crippen LogP contribution >= 0.6 is 0 Å². The van der Waals surface area contributed by atoms with E-state index < -0.39 is 4.92 Å². The molecular weight excluding hydrogens is 244 g/mol. The van der Waals surface area contributed by atoms with Gasteiger partial charge in [-0.25, -0.2) is 0 Å². The highest BCUT2D eigenvalue weighted by Crippen LogP contribution is 2.24. The summed E-state index contributed by atoms with van der Waals surface area (Å²) in [4.78, 5) is 10.3. The van der Waals surface area contributed by atoms with Crippen molar-refractivity contribution in [1.29, 1.82) is 0 Å². The molecule has 2 rings (SSSR count). The van der Waals surface area contributed by atoms with Gasteiger partial charge in [0.2, 0.25) is 0 Å². The van der Waals surface area contributed by atoms with Crippen molar-refractivity contribution in [3.05, 3.63) is 63.7 Å². The van der Waals surface area contributed by atoms with E-state index in [0.29, 0.717) is 5.56 Å². The van der Waals surface area contributed by atoms with Crippen LogP contribution in [0.4, 0.5) is 11.4 Å². The van der Waals surface area contributed by atoms with E-state index in [0.717, 1.165) is 11.3 Å². The van der Waals surface area contributed by atoms with E-state index in [2.05, 4.69) is 0 Å². The number of rotatable bonds is 4. The van der Waals surface area contributed by atoms with Gasteiger partial charge in [-0.3, -0.25) is 10.1 Å². The van der Waals surface area contributed by atoms with Crippen molar-refractivity contribution in [2.75, 3.05) is 5.73 Å². The molecule has 0 fully saturated rings. The minimum absolute atomic E-state index is 0.0918. The predicted molar refractivity (Wildman–Crippen MR) is 73.0 cm³/mol. The molecule has 2 aromatic carbocycles. The zero-order valence-corrected chi connectivity index (χ0v) is 10.5. The number of benzene rings is 2. The van der Waals surface area contributed by atoms with Crippen molar-refractivity contribution in [3.8, 4) is 5.75 Å². The first kappa shape index (κ1) is 12.9. The number of nitrogen functional groups attached to an aromatic ring is 1. The van der Waals surface area contributed by atoms with Crippen LogP contribution in [0.25, 0.3) is 0 Å². The van der Waals surface area contributed by atoms with E-state index in [1.165, 1.54) is 12.1 Å². The lowest BCUT2D eigenvalue weighted by molar-refractivity contribution is -0.384. The Morgan fingerprint density at radius 1 is 1.26 bits per heavy atom. The van der Waals surface area contributed by atoms with Gasteiger partial charge in [0.15, 0.2) is 0 Å². The molecule has 0 aromatic heterocycles. The lowest BCUT2D eigenvalue weighted by Crippen LogP contribution is -2.00. The molecule has 5 nitrogen and oxygen atoms in total. The van der Waals surface area contributed by atoms with Gasteiger partial charge in [-0.15, -0.1) is 0 Å². The highest BCUT2D eigenvalue weighted by molar-refractivity contribution is 5.59. The summed E-state index contributed by atoms with van der Waals surface area (Å²) in [6.07, 6.45) is 0. The van der Waals surface area contributed by atoms with E-state index >= 15 is 0 Å². The van der Waals surface area contributed by atoms with Crippen molar-refractivity contribution in [3.63, 3.8) is 0 Å². The topological polar surface area (TPSA) is 78.4 Å². The number of nitrogens with zero attached hydrogens (tertiary/aromatic N) is 1. The summed E-state index contributed by atoms with van der Waals surface area (Å²) < 4.78 is 5.63. The molecule has 0 aliphatic rings. The smallest absolute Gasteiger partial charge is 0.292 e. The largest absolute Gasteiger partial charge is 0.489 e. The lowest BCUT2D eigenvalue weighted by Gasteiger charge is -2.09. The van der Waals surface area contributed by atoms with Gasteiger partial charge in [0.05, 0.1) is 4.92 Å². The van der Waals surface area contributed by atoms with Crippen LogP contribution in [0.2, 0.25) is 0 Å². The van der Waals surface area contributed by atoms with E-state index in [9.17, 15) is 10.1 Å². The lowest BCUT2D eigenvalue weighted by atomic mass is 10.2. The molecule has 0 atom stereocenters. The van der Waals surface area contributed by atoms with Crippen molar-refractivity contribution in [2.45, 2.75) is 13.5 Å². The molecule has 0 unspecified atom stereocenters. The Morgan fingerprint density at radius 2 is 2.00 bits per heavy atom. The van der Waals surface area contributed by atoms with Crippen LogP contribution in [0.5, 0.6) is 5.75 Å². The van der Waals surface area contributed by atoms with E-state index in [1.54, 1.807) is 6.07 Å². The summed E-state index contributed by atoms with van der Waals surface area (Å²) in [5, 5.41) is 10.8. The van der Waals surface area contributed by atoms with E-state index in [-0.39, 0.29) is 18.0 Å². The Morgan fingerprint density at radius 3 is 2.68 bits per heavy atom. The summed E-state index contributed by atoms with van der Waals surface area (Å²) in [5.74, 6) is 0.766. The average molecular weight is 258 g/mol. The second-order valence-corrected chi connectivity index (χ2v) is 4.20. The van der Waals surface area contributed by atoms with Gasteiger partial charge in [-0.05, 0) is 30.2 Å². The van der Waals surface area contributed by atoms with Crippen molar-refractivity contribution in [2.24, 2.45) is 0 Å².